The molecule has 3 N–H and O–H groups in total. The number of aryl methyl sites for hydroxylation is 1. The maximum Gasteiger partial charge on any atom is 0.253 e. The minimum atomic E-state index is -0.0798. The monoisotopic (exact) mass is 417 g/mol. The second-order valence-electron chi connectivity index (χ2n) is 7.71. The van der Waals surface area contributed by atoms with Gasteiger partial charge in [0.1, 0.15) is 11.3 Å². The molecule has 160 valence electrons. The van der Waals surface area contributed by atoms with Gasteiger partial charge in [-0.15, -0.1) is 13.2 Å². The number of carbonyl (C=O) groups is 1. The van der Waals surface area contributed by atoms with Crippen LogP contribution in [-0.4, -0.2) is 47.2 Å². The number of para-hydroxylation sites is 1. The number of benzene rings is 1. The number of aromatic nitrogens is 3. The number of anilines is 1. The third-order valence-corrected chi connectivity index (χ3v) is 5.57. The van der Waals surface area contributed by atoms with Gasteiger partial charge in [-0.2, -0.15) is 0 Å². The summed E-state index contributed by atoms with van der Waals surface area (Å²) in [6, 6.07) is 7.72. The van der Waals surface area contributed by atoms with Crippen LogP contribution in [0, 0.1) is 6.92 Å². The van der Waals surface area contributed by atoms with Gasteiger partial charge in [0.05, 0.1) is 29.4 Å². The first kappa shape index (κ1) is 20.8. The van der Waals surface area contributed by atoms with E-state index >= 15 is 0 Å². The van der Waals surface area contributed by atoms with Crippen LogP contribution in [0.1, 0.15) is 34.1 Å². The van der Waals surface area contributed by atoms with Crippen molar-refractivity contribution in [1.82, 2.24) is 20.3 Å². The number of hydrogen-bond acceptors (Lipinski definition) is 5. The van der Waals surface area contributed by atoms with Crippen molar-refractivity contribution in [3.8, 4) is 11.3 Å². The minimum Gasteiger partial charge on any atom is -0.382 e. The van der Waals surface area contributed by atoms with Crippen LogP contribution in [0.3, 0.4) is 0 Å². The van der Waals surface area contributed by atoms with Crippen molar-refractivity contribution < 1.29 is 9.53 Å². The van der Waals surface area contributed by atoms with Crippen molar-refractivity contribution in [1.29, 1.82) is 0 Å². The number of rotatable bonds is 8. The van der Waals surface area contributed by atoms with Crippen LogP contribution in [0.25, 0.3) is 22.3 Å². The fraction of sp³-hybridized carbons (Fsp3) is 0.292. The molecule has 0 aliphatic carbocycles. The number of fused-ring (bicyclic) bond motifs is 2. The van der Waals surface area contributed by atoms with Crippen LogP contribution >= 0.6 is 0 Å². The SMILES string of the molecule is C=CCC1CNC(=O)c2cc(-c3cccc4nc(C)c(NC(C=C)COC)nc34)[nH]c21. The van der Waals surface area contributed by atoms with E-state index in [1.54, 1.807) is 13.2 Å². The van der Waals surface area contributed by atoms with Crippen molar-refractivity contribution in [3.05, 3.63) is 66.5 Å². The number of methoxy groups -OCH3 is 1. The number of nitrogens with zero attached hydrogens (tertiary/aromatic N) is 2. The van der Waals surface area contributed by atoms with Crippen LogP contribution in [-0.2, 0) is 4.74 Å². The molecule has 4 rings (SSSR count). The van der Waals surface area contributed by atoms with Crippen molar-refractivity contribution in [3.63, 3.8) is 0 Å². The molecular formula is C24H27N5O2. The van der Waals surface area contributed by atoms with Gasteiger partial charge in [0.25, 0.3) is 5.91 Å². The third kappa shape index (κ3) is 3.96. The summed E-state index contributed by atoms with van der Waals surface area (Å²) in [6.45, 7) is 10.7. The second-order valence-corrected chi connectivity index (χ2v) is 7.71. The van der Waals surface area contributed by atoms with Gasteiger partial charge in [0.2, 0.25) is 0 Å². The highest BCUT2D eigenvalue weighted by atomic mass is 16.5. The average molecular weight is 418 g/mol. The van der Waals surface area contributed by atoms with Crippen LogP contribution < -0.4 is 10.6 Å². The normalized spacial score (nSPS) is 16.5. The molecule has 7 nitrogen and oxygen atoms in total. The van der Waals surface area contributed by atoms with E-state index in [1.165, 1.54) is 0 Å². The van der Waals surface area contributed by atoms with E-state index in [2.05, 4.69) is 28.8 Å². The van der Waals surface area contributed by atoms with Gasteiger partial charge in [-0.25, -0.2) is 9.97 Å². The molecule has 0 fully saturated rings. The lowest BCUT2D eigenvalue weighted by atomic mass is 9.94. The molecule has 1 aliphatic rings. The highest BCUT2D eigenvalue weighted by Crippen LogP contribution is 2.34. The molecule has 0 saturated heterocycles. The van der Waals surface area contributed by atoms with E-state index in [9.17, 15) is 4.79 Å². The summed E-state index contributed by atoms with van der Waals surface area (Å²) in [5.41, 5.74) is 5.72. The predicted molar refractivity (Wildman–Crippen MR) is 123 cm³/mol. The molecule has 0 radical (unpaired) electrons. The molecule has 3 heterocycles. The topological polar surface area (TPSA) is 91.9 Å². The fourth-order valence-electron chi connectivity index (χ4n) is 3.98. The summed E-state index contributed by atoms with van der Waals surface area (Å²) in [5, 5.41) is 6.31. The lowest BCUT2D eigenvalue weighted by Gasteiger charge is -2.21. The Balaban J connectivity index is 1.80. The van der Waals surface area contributed by atoms with E-state index in [0.29, 0.717) is 24.5 Å². The van der Waals surface area contributed by atoms with Gasteiger partial charge < -0.3 is 20.4 Å². The van der Waals surface area contributed by atoms with E-state index in [-0.39, 0.29) is 17.9 Å². The quantitative estimate of drug-likeness (QED) is 0.483. The van der Waals surface area contributed by atoms with Crippen LogP contribution in [0.5, 0.6) is 0 Å². The summed E-state index contributed by atoms with van der Waals surface area (Å²) in [7, 11) is 1.65. The number of nitrogens with one attached hydrogen (secondary N) is 3. The average Bonchev–Trinajstić information content (AvgIpc) is 3.22. The molecule has 31 heavy (non-hydrogen) atoms. The summed E-state index contributed by atoms with van der Waals surface area (Å²) in [6.07, 6.45) is 4.46. The largest absolute Gasteiger partial charge is 0.382 e. The van der Waals surface area contributed by atoms with Crippen LogP contribution in [0.4, 0.5) is 5.82 Å². The fourth-order valence-corrected chi connectivity index (χ4v) is 3.98. The lowest BCUT2D eigenvalue weighted by molar-refractivity contribution is 0.0940. The van der Waals surface area contributed by atoms with E-state index < -0.39 is 0 Å². The zero-order chi connectivity index (χ0) is 22.0. The maximum absolute atomic E-state index is 12.4. The number of aromatic amines is 1. The Morgan fingerprint density at radius 2 is 2.16 bits per heavy atom. The number of allylic oxidation sites excluding steroid dienone is 1. The van der Waals surface area contributed by atoms with E-state index in [0.717, 1.165) is 40.1 Å². The summed E-state index contributed by atoms with van der Waals surface area (Å²) >= 11 is 0. The molecule has 1 amide bonds. The number of ether oxygens (including phenoxy) is 1. The molecule has 3 aromatic rings. The van der Waals surface area contributed by atoms with Crippen LogP contribution in [0.2, 0.25) is 0 Å². The van der Waals surface area contributed by atoms with Gasteiger partial charge >= 0.3 is 0 Å². The Bertz CT molecular complexity index is 1150. The molecule has 2 atom stereocenters. The molecule has 0 bridgehead atoms. The van der Waals surface area contributed by atoms with Gasteiger partial charge in [0.15, 0.2) is 0 Å². The number of hydrogen-bond donors (Lipinski definition) is 3. The Labute approximate surface area is 181 Å². The smallest absolute Gasteiger partial charge is 0.253 e. The first-order chi connectivity index (χ1) is 15.0. The second kappa shape index (κ2) is 8.73. The molecule has 0 spiro atoms. The highest BCUT2D eigenvalue weighted by Gasteiger charge is 2.27. The van der Waals surface area contributed by atoms with Crippen molar-refractivity contribution in [2.24, 2.45) is 0 Å². The zero-order valence-electron chi connectivity index (χ0n) is 17.9. The third-order valence-electron chi connectivity index (χ3n) is 5.57. The number of amides is 1. The van der Waals surface area contributed by atoms with Crippen LogP contribution in [0.15, 0.2) is 49.6 Å². The van der Waals surface area contributed by atoms with Crippen molar-refractivity contribution in [2.45, 2.75) is 25.3 Å². The van der Waals surface area contributed by atoms with Gasteiger partial charge in [-0.1, -0.05) is 24.3 Å². The Kier molecular flexibility index (Phi) is 5.86. The molecule has 1 aromatic carbocycles. The van der Waals surface area contributed by atoms with E-state index in [4.69, 9.17) is 14.7 Å². The molecule has 2 aromatic heterocycles. The molecule has 1 aliphatic heterocycles. The number of H-pyrrole nitrogens is 1. The summed E-state index contributed by atoms with van der Waals surface area (Å²) in [5.74, 6) is 0.804. The molecular weight excluding hydrogens is 390 g/mol. The molecule has 0 saturated carbocycles. The number of carbonyl (C=O) groups excluding carboxylic acids is 1. The molecule has 2 unspecified atom stereocenters. The van der Waals surface area contributed by atoms with Gasteiger partial charge in [-0.05, 0) is 25.5 Å². The molecule has 7 heteroatoms. The Morgan fingerprint density at radius 1 is 1.32 bits per heavy atom. The predicted octanol–water partition coefficient (Wildman–Crippen LogP) is 3.95. The standard InChI is InChI=1S/C24H27N5O2/c1-5-8-15-12-25-24(30)18-11-20(28-21(15)18)17-9-7-10-19-22(17)29-23(14(3)26-19)27-16(6-2)13-31-4/h5-7,9-11,15-16,28H,1-2,8,12-13H2,3-4H3,(H,25,30)(H,27,29). The first-order valence-corrected chi connectivity index (χ1v) is 10.3. The zero-order valence-corrected chi connectivity index (χ0v) is 17.9. The summed E-state index contributed by atoms with van der Waals surface area (Å²) in [4.78, 5) is 25.6. The highest BCUT2D eigenvalue weighted by molar-refractivity contribution is 6.00. The maximum atomic E-state index is 12.4. The first-order valence-electron chi connectivity index (χ1n) is 10.3. The minimum absolute atomic E-state index is 0.0595. The van der Waals surface area contributed by atoms with Crippen molar-refractivity contribution >= 4 is 22.8 Å². The lowest BCUT2D eigenvalue weighted by Crippen LogP contribution is -2.34. The summed E-state index contributed by atoms with van der Waals surface area (Å²) < 4.78 is 5.24. The van der Waals surface area contributed by atoms with Gasteiger partial charge in [0, 0.05) is 36.5 Å². The van der Waals surface area contributed by atoms with E-state index in [1.807, 2.05) is 37.3 Å². The Morgan fingerprint density at radius 3 is 2.90 bits per heavy atom. The Hall–Kier alpha value is -3.45. The van der Waals surface area contributed by atoms with Crippen molar-refractivity contribution in [2.75, 3.05) is 25.6 Å². The van der Waals surface area contributed by atoms with Gasteiger partial charge in [-0.3, -0.25) is 4.79 Å².